The molecule has 0 saturated carbocycles. The molecule has 2 heterocycles. The van der Waals surface area contributed by atoms with Gasteiger partial charge in [-0.3, -0.25) is 9.59 Å². The van der Waals surface area contributed by atoms with Crippen LogP contribution >= 0.6 is 0 Å². The number of hydrogen-bond donors (Lipinski definition) is 2. The van der Waals surface area contributed by atoms with Gasteiger partial charge in [0, 0.05) is 12.6 Å². The zero-order chi connectivity index (χ0) is 15.9. The summed E-state index contributed by atoms with van der Waals surface area (Å²) < 4.78 is 13.7. The van der Waals surface area contributed by atoms with Crippen LogP contribution in [0.25, 0.3) is 11.0 Å². The van der Waals surface area contributed by atoms with Crippen LogP contribution in [0.3, 0.4) is 0 Å². The van der Waals surface area contributed by atoms with E-state index in [4.69, 9.17) is 5.73 Å². The number of nitrogens with one attached hydrogen (secondary N) is 1. The fourth-order valence-corrected chi connectivity index (χ4v) is 2.95. The van der Waals surface area contributed by atoms with E-state index in [0.29, 0.717) is 23.9 Å². The molecule has 0 spiro atoms. The maximum Gasteiger partial charge on any atom is 0.256 e. The highest BCUT2D eigenvalue weighted by Gasteiger charge is 2.33. The molecule has 3 rings (SSSR count). The fraction of sp³-hybridized carbons (Fsp3) is 0.400. The number of aromatic amines is 1. The molecule has 1 aliphatic rings. The highest BCUT2D eigenvalue weighted by atomic mass is 19.1. The number of rotatable bonds is 2. The van der Waals surface area contributed by atoms with Crippen molar-refractivity contribution < 1.29 is 14.0 Å². The second-order valence-corrected chi connectivity index (χ2v) is 5.74. The van der Waals surface area contributed by atoms with Gasteiger partial charge < -0.3 is 15.6 Å². The van der Waals surface area contributed by atoms with Crippen molar-refractivity contribution in [2.75, 3.05) is 6.54 Å². The zero-order valence-corrected chi connectivity index (χ0v) is 12.2. The first kappa shape index (κ1) is 14.5. The molecule has 2 unspecified atom stereocenters. The third-order valence-electron chi connectivity index (χ3n) is 4.26. The van der Waals surface area contributed by atoms with Gasteiger partial charge in [0.25, 0.3) is 5.91 Å². The van der Waals surface area contributed by atoms with Gasteiger partial charge in [-0.15, -0.1) is 0 Å². The average Bonchev–Trinajstić information content (AvgIpc) is 2.94. The van der Waals surface area contributed by atoms with Gasteiger partial charge in [0.05, 0.1) is 23.3 Å². The molecule has 2 aromatic rings. The lowest BCUT2D eigenvalue weighted by Crippen LogP contribution is -2.48. The molecular formula is C15H17FN4O2. The van der Waals surface area contributed by atoms with E-state index >= 15 is 0 Å². The summed E-state index contributed by atoms with van der Waals surface area (Å²) in [5.41, 5.74) is 6.46. The van der Waals surface area contributed by atoms with Gasteiger partial charge in [0.2, 0.25) is 5.91 Å². The number of nitrogens with zero attached hydrogens (tertiary/aromatic N) is 2. The van der Waals surface area contributed by atoms with Crippen LogP contribution in [0.1, 0.15) is 30.1 Å². The van der Waals surface area contributed by atoms with Gasteiger partial charge in [-0.1, -0.05) is 0 Å². The molecule has 22 heavy (non-hydrogen) atoms. The topological polar surface area (TPSA) is 92.1 Å². The smallest absolute Gasteiger partial charge is 0.256 e. The lowest BCUT2D eigenvalue weighted by Gasteiger charge is -2.37. The maximum atomic E-state index is 13.7. The van der Waals surface area contributed by atoms with Crippen LogP contribution in [0, 0.1) is 11.7 Å². The van der Waals surface area contributed by atoms with Gasteiger partial charge in [0.1, 0.15) is 11.3 Å². The third-order valence-corrected chi connectivity index (χ3v) is 4.26. The molecule has 3 N–H and O–H groups in total. The molecule has 1 saturated heterocycles. The Hall–Kier alpha value is -2.44. The molecule has 2 amide bonds. The molecule has 1 aromatic carbocycles. The molecule has 0 aliphatic carbocycles. The van der Waals surface area contributed by atoms with E-state index in [0.717, 1.165) is 0 Å². The van der Waals surface area contributed by atoms with Gasteiger partial charge in [-0.05, 0) is 31.9 Å². The van der Waals surface area contributed by atoms with E-state index in [2.05, 4.69) is 9.97 Å². The summed E-state index contributed by atoms with van der Waals surface area (Å²) in [5, 5.41) is 0. The van der Waals surface area contributed by atoms with Crippen molar-refractivity contribution in [1.29, 1.82) is 0 Å². The number of primary amides is 1. The van der Waals surface area contributed by atoms with Crippen LogP contribution in [-0.2, 0) is 4.79 Å². The van der Waals surface area contributed by atoms with Gasteiger partial charge >= 0.3 is 0 Å². The molecule has 6 nitrogen and oxygen atoms in total. The SMILES string of the molecule is CC1CCC(C(N)=O)CN1C(=O)c1cc(F)cc2[nH]cnc12. The van der Waals surface area contributed by atoms with E-state index < -0.39 is 11.7 Å². The first-order chi connectivity index (χ1) is 10.5. The number of benzene rings is 1. The quantitative estimate of drug-likeness (QED) is 0.879. The summed E-state index contributed by atoms with van der Waals surface area (Å²) >= 11 is 0. The van der Waals surface area contributed by atoms with E-state index in [1.807, 2.05) is 6.92 Å². The number of carbonyl (C=O) groups is 2. The van der Waals surface area contributed by atoms with Crippen molar-refractivity contribution in [2.24, 2.45) is 11.7 Å². The van der Waals surface area contributed by atoms with Crippen molar-refractivity contribution in [3.63, 3.8) is 0 Å². The normalized spacial score (nSPS) is 22.0. The van der Waals surface area contributed by atoms with Crippen LogP contribution in [-0.4, -0.2) is 39.3 Å². The Bertz CT molecular complexity index is 742. The second-order valence-electron chi connectivity index (χ2n) is 5.74. The van der Waals surface area contributed by atoms with E-state index in [1.54, 1.807) is 4.90 Å². The first-order valence-electron chi connectivity index (χ1n) is 7.20. The summed E-state index contributed by atoms with van der Waals surface area (Å²) in [6.45, 7) is 2.17. The lowest BCUT2D eigenvalue weighted by molar-refractivity contribution is -0.123. The minimum atomic E-state index is -0.504. The minimum Gasteiger partial charge on any atom is -0.369 e. The molecule has 2 atom stereocenters. The number of halogens is 1. The van der Waals surface area contributed by atoms with Crippen molar-refractivity contribution in [3.8, 4) is 0 Å². The Kier molecular flexibility index (Phi) is 3.56. The van der Waals surface area contributed by atoms with Crippen LogP contribution in [0.15, 0.2) is 18.5 Å². The van der Waals surface area contributed by atoms with E-state index in [-0.39, 0.29) is 30.0 Å². The molecule has 0 bridgehead atoms. The summed E-state index contributed by atoms with van der Waals surface area (Å²) in [4.78, 5) is 32.7. The molecule has 116 valence electrons. The number of fused-ring (bicyclic) bond motifs is 1. The van der Waals surface area contributed by atoms with E-state index in [1.165, 1.54) is 18.5 Å². The Morgan fingerprint density at radius 1 is 1.41 bits per heavy atom. The second kappa shape index (κ2) is 5.40. The summed E-state index contributed by atoms with van der Waals surface area (Å²) in [6.07, 6.45) is 2.78. The number of amides is 2. The average molecular weight is 304 g/mol. The predicted octanol–water partition coefficient (Wildman–Crippen LogP) is 1.43. The van der Waals surface area contributed by atoms with Crippen molar-refractivity contribution in [3.05, 3.63) is 29.8 Å². The summed E-state index contributed by atoms with van der Waals surface area (Å²) in [7, 11) is 0. The molecule has 0 radical (unpaired) electrons. The number of hydrogen-bond acceptors (Lipinski definition) is 3. The number of likely N-dealkylation sites (tertiary alicyclic amines) is 1. The Morgan fingerprint density at radius 3 is 2.91 bits per heavy atom. The fourth-order valence-electron chi connectivity index (χ4n) is 2.95. The molecule has 1 aliphatic heterocycles. The van der Waals surface area contributed by atoms with Crippen LogP contribution in [0.2, 0.25) is 0 Å². The van der Waals surface area contributed by atoms with Gasteiger partial charge in [-0.2, -0.15) is 0 Å². The molecular weight excluding hydrogens is 287 g/mol. The van der Waals surface area contributed by atoms with Crippen LogP contribution < -0.4 is 5.73 Å². The summed E-state index contributed by atoms with van der Waals surface area (Å²) in [5.74, 6) is -1.59. The first-order valence-corrected chi connectivity index (χ1v) is 7.20. The van der Waals surface area contributed by atoms with Gasteiger partial charge in [-0.25, -0.2) is 9.37 Å². The zero-order valence-electron chi connectivity index (χ0n) is 12.2. The highest BCUT2D eigenvalue weighted by Crippen LogP contribution is 2.26. The lowest BCUT2D eigenvalue weighted by atomic mass is 9.92. The molecule has 1 fully saturated rings. The maximum absolute atomic E-state index is 13.7. The Labute approximate surface area is 126 Å². The van der Waals surface area contributed by atoms with Crippen LogP contribution in [0.4, 0.5) is 4.39 Å². The number of imidazole rings is 1. The predicted molar refractivity (Wildman–Crippen MR) is 78.5 cm³/mol. The Balaban J connectivity index is 1.97. The van der Waals surface area contributed by atoms with Crippen molar-refractivity contribution in [2.45, 2.75) is 25.8 Å². The summed E-state index contributed by atoms with van der Waals surface area (Å²) in [6, 6.07) is 2.46. The van der Waals surface area contributed by atoms with Crippen molar-refractivity contribution >= 4 is 22.8 Å². The Morgan fingerprint density at radius 2 is 2.18 bits per heavy atom. The standard InChI is InChI=1S/C15H17FN4O2/c1-8-2-3-9(14(17)21)6-20(8)15(22)11-4-10(16)5-12-13(11)19-7-18-12/h4-5,7-9H,2-3,6H2,1H3,(H2,17,21)(H,18,19). The van der Waals surface area contributed by atoms with E-state index in [9.17, 15) is 14.0 Å². The number of aromatic nitrogens is 2. The van der Waals surface area contributed by atoms with Gasteiger partial charge in [0.15, 0.2) is 0 Å². The molecule has 1 aromatic heterocycles. The van der Waals surface area contributed by atoms with Crippen LogP contribution in [0.5, 0.6) is 0 Å². The number of H-pyrrole nitrogens is 1. The number of piperidine rings is 1. The monoisotopic (exact) mass is 304 g/mol. The number of carbonyl (C=O) groups excluding carboxylic acids is 2. The highest BCUT2D eigenvalue weighted by molar-refractivity contribution is 6.05. The minimum absolute atomic E-state index is 0.0274. The number of nitrogens with two attached hydrogens (primary N) is 1. The molecule has 7 heteroatoms. The largest absolute Gasteiger partial charge is 0.369 e. The van der Waals surface area contributed by atoms with Crippen molar-refractivity contribution in [1.82, 2.24) is 14.9 Å². The third kappa shape index (κ3) is 2.43.